The van der Waals surface area contributed by atoms with E-state index in [1.165, 1.54) is 48.4 Å². The van der Waals surface area contributed by atoms with Crippen LogP contribution in [0, 0.1) is 0 Å². The summed E-state index contributed by atoms with van der Waals surface area (Å²) in [5.41, 5.74) is 0.857. The number of amides is 1. The molecule has 0 spiro atoms. The Kier molecular flexibility index (Phi) is 5.99. The average Bonchev–Trinajstić information content (AvgIpc) is 3.31. The van der Waals surface area contributed by atoms with Crippen molar-refractivity contribution in [2.45, 2.75) is 31.2 Å². The molecule has 0 unspecified atom stereocenters. The maximum atomic E-state index is 13.3. The van der Waals surface area contributed by atoms with Gasteiger partial charge in [0, 0.05) is 19.1 Å². The Morgan fingerprint density at radius 1 is 1.36 bits per heavy atom. The normalized spacial score (nSPS) is 20.1. The highest BCUT2D eigenvalue weighted by Gasteiger charge is 2.40. The van der Waals surface area contributed by atoms with Crippen molar-refractivity contribution in [3.8, 4) is 0 Å². The van der Waals surface area contributed by atoms with Gasteiger partial charge in [-0.3, -0.25) is 19.5 Å². The molecule has 1 fully saturated rings. The molecule has 28 heavy (non-hydrogen) atoms. The van der Waals surface area contributed by atoms with Crippen molar-refractivity contribution in [3.63, 3.8) is 0 Å². The summed E-state index contributed by atoms with van der Waals surface area (Å²) in [6.07, 6.45) is -2.80. The lowest BCUT2D eigenvalue weighted by molar-refractivity contribution is -0.146. The van der Waals surface area contributed by atoms with Gasteiger partial charge in [0.15, 0.2) is 0 Å². The third kappa shape index (κ3) is 4.50. The molecule has 0 aliphatic carbocycles. The van der Waals surface area contributed by atoms with Gasteiger partial charge in [0.05, 0.1) is 24.4 Å². The summed E-state index contributed by atoms with van der Waals surface area (Å²) in [4.78, 5) is 30.3. The first-order chi connectivity index (χ1) is 13.3. The quantitative estimate of drug-likeness (QED) is 0.764. The highest BCUT2D eigenvalue weighted by atomic mass is 32.1. The van der Waals surface area contributed by atoms with Gasteiger partial charge in [0.1, 0.15) is 10.9 Å². The Morgan fingerprint density at radius 3 is 2.75 bits per heavy atom. The summed E-state index contributed by atoms with van der Waals surface area (Å²) in [5.74, 6) is -0.868. The SMILES string of the molecule is COC(=O)[C@@H]1C[C@@H](NC(=O)c2cncs2)CN1Cc1ccccc1C(F)(F)F. The molecular weight excluding hydrogens is 395 g/mol. The maximum Gasteiger partial charge on any atom is 0.416 e. The molecule has 3 rings (SSSR count). The van der Waals surface area contributed by atoms with Gasteiger partial charge < -0.3 is 10.1 Å². The number of aromatic nitrogens is 1. The highest BCUT2D eigenvalue weighted by molar-refractivity contribution is 7.11. The van der Waals surface area contributed by atoms with Crippen molar-refractivity contribution in [2.75, 3.05) is 13.7 Å². The fourth-order valence-corrected chi connectivity index (χ4v) is 3.82. The Morgan fingerprint density at radius 2 is 2.11 bits per heavy atom. The van der Waals surface area contributed by atoms with E-state index in [0.29, 0.717) is 4.88 Å². The Bertz CT molecular complexity index is 842. The summed E-state index contributed by atoms with van der Waals surface area (Å²) < 4.78 is 44.6. The van der Waals surface area contributed by atoms with E-state index in [0.717, 1.165) is 6.07 Å². The molecule has 1 amide bonds. The van der Waals surface area contributed by atoms with Crippen molar-refractivity contribution in [3.05, 3.63) is 52.0 Å². The third-order valence-electron chi connectivity index (χ3n) is 4.56. The molecule has 1 aliphatic heterocycles. The molecule has 2 heterocycles. The first-order valence-electron chi connectivity index (χ1n) is 8.46. The van der Waals surface area contributed by atoms with Crippen LogP contribution in [-0.4, -0.2) is 47.5 Å². The van der Waals surface area contributed by atoms with Crippen molar-refractivity contribution >= 4 is 23.2 Å². The number of esters is 1. The number of likely N-dealkylation sites (tertiary alicyclic amines) is 1. The molecule has 6 nitrogen and oxygen atoms in total. The zero-order valence-electron chi connectivity index (χ0n) is 14.9. The van der Waals surface area contributed by atoms with Crippen LogP contribution in [-0.2, 0) is 22.3 Å². The molecular formula is C18H18F3N3O3S. The smallest absolute Gasteiger partial charge is 0.416 e. The van der Waals surface area contributed by atoms with E-state index < -0.39 is 29.8 Å². The van der Waals surface area contributed by atoms with Crippen LogP contribution in [0.5, 0.6) is 0 Å². The van der Waals surface area contributed by atoms with Crippen molar-refractivity contribution in [1.82, 2.24) is 15.2 Å². The van der Waals surface area contributed by atoms with E-state index in [-0.39, 0.29) is 31.0 Å². The largest absolute Gasteiger partial charge is 0.468 e. The number of halogens is 3. The molecule has 2 atom stereocenters. The van der Waals surface area contributed by atoms with Gasteiger partial charge >= 0.3 is 12.1 Å². The van der Waals surface area contributed by atoms with Crippen LogP contribution in [0.15, 0.2) is 36.0 Å². The minimum absolute atomic E-state index is 0.0679. The number of alkyl halides is 3. The van der Waals surface area contributed by atoms with Crippen LogP contribution in [0.2, 0.25) is 0 Å². The van der Waals surface area contributed by atoms with E-state index in [1.807, 2.05) is 0 Å². The van der Waals surface area contributed by atoms with Crippen LogP contribution in [0.3, 0.4) is 0 Å². The number of rotatable bonds is 5. The molecule has 0 bridgehead atoms. The number of thiazole rings is 1. The number of carbonyl (C=O) groups is 2. The summed E-state index contributed by atoms with van der Waals surface area (Å²) in [5, 5.41) is 2.81. The van der Waals surface area contributed by atoms with Crippen molar-refractivity contribution in [1.29, 1.82) is 0 Å². The number of ether oxygens (including phenoxy) is 1. The summed E-state index contributed by atoms with van der Waals surface area (Å²) in [7, 11) is 1.23. The molecule has 0 saturated carbocycles. The molecule has 150 valence electrons. The van der Waals surface area contributed by atoms with E-state index in [9.17, 15) is 22.8 Å². The van der Waals surface area contributed by atoms with Crippen LogP contribution in [0.25, 0.3) is 0 Å². The van der Waals surface area contributed by atoms with Gasteiger partial charge in [-0.05, 0) is 18.1 Å². The summed E-state index contributed by atoms with van der Waals surface area (Å²) in [6.45, 7) is 0.152. The fraction of sp³-hybridized carbons (Fsp3) is 0.389. The van der Waals surface area contributed by atoms with Crippen LogP contribution in [0.4, 0.5) is 13.2 Å². The van der Waals surface area contributed by atoms with Gasteiger partial charge in [-0.15, -0.1) is 11.3 Å². The van der Waals surface area contributed by atoms with Gasteiger partial charge in [0.2, 0.25) is 0 Å². The number of carbonyl (C=O) groups excluding carboxylic acids is 2. The van der Waals surface area contributed by atoms with E-state index in [2.05, 4.69) is 10.3 Å². The van der Waals surface area contributed by atoms with Crippen LogP contribution in [0.1, 0.15) is 27.2 Å². The number of hydrogen-bond donors (Lipinski definition) is 1. The van der Waals surface area contributed by atoms with Crippen LogP contribution < -0.4 is 5.32 Å². The lowest BCUT2D eigenvalue weighted by Gasteiger charge is -2.24. The van der Waals surface area contributed by atoms with Crippen molar-refractivity contribution in [2.24, 2.45) is 0 Å². The van der Waals surface area contributed by atoms with Gasteiger partial charge in [-0.1, -0.05) is 18.2 Å². The van der Waals surface area contributed by atoms with Crippen molar-refractivity contribution < 1.29 is 27.5 Å². The average molecular weight is 413 g/mol. The van der Waals surface area contributed by atoms with Gasteiger partial charge in [0.25, 0.3) is 5.91 Å². The number of nitrogens with one attached hydrogen (secondary N) is 1. The maximum absolute atomic E-state index is 13.3. The second-order valence-electron chi connectivity index (χ2n) is 6.40. The second-order valence-corrected chi connectivity index (χ2v) is 7.28. The summed E-state index contributed by atoms with van der Waals surface area (Å²) >= 11 is 1.18. The topological polar surface area (TPSA) is 71.5 Å². The monoisotopic (exact) mass is 413 g/mol. The lowest BCUT2D eigenvalue weighted by atomic mass is 10.1. The standard InChI is InChI=1S/C18H18F3N3O3S/c1-27-17(26)14-6-12(23-16(25)15-7-22-10-28-15)9-24(14)8-11-4-2-3-5-13(11)18(19,20)21/h2-5,7,10,12,14H,6,8-9H2,1H3,(H,23,25)/t12-,14+/m1/s1. The molecule has 1 saturated heterocycles. The Balaban J connectivity index is 1.77. The summed E-state index contributed by atoms with van der Waals surface area (Å²) in [6, 6.07) is 4.13. The number of nitrogens with zero attached hydrogens (tertiary/aromatic N) is 2. The number of methoxy groups -OCH3 is 1. The second kappa shape index (κ2) is 8.27. The van der Waals surface area contributed by atoms with E-state index in [4.69, 9.17) is 4.74 Å². The molecule has 1 aliphatic rings. The molecule has 1 aromatic carbocycles. The third-order valence-corrected chi connectivity index (χ3v) is 5.34. The predicted octanol–water partition coefficient (Wildman–Crippen LogP) is 2.71. The minimum Gasteiger partial charge on any atom is -0.468 e. The molecule has 10 heteroatoms. The predicted molar refractivity (Wildman–Crippen MR) is 95.6 cm³/mol. The van der Waals surface area contributed by atoms with Gasteiger partial charge in [-0.2, -0.15) is 13.2 Å². The van der Waals surface area contributed by atoms with Gasteiger partial charge in [-0.25, -0.2) is 0 Å². The Labute approximate surface area is 163 Å². The first-order valence-corrected chi connectivity index (χ1v) is 9.34. The molecule has 2 aromatic rings. The fourth-order valence-electron chi connectivity index (χ4n) is 3.30. The van der Waals surface area contributed by atoms with E-state index in [1.54, 1.807) is 4.90 Å². The zero-order valence-corrected chi connectivity index (χ0v) is 15.7. The molecule has 1 N–H and O–H groups in total. The zero-order chi connectivity index (χ0) is 20.3. The minimum atomic E-state index is -4.49. The van der Waals surface area contributed by atoms with Crippen LogP contribution >= 0.6 is 11.3 Å². The first kappa shape index (κ1) is 20.3. The molecule has 1 aromatic heterocycles. The number of hydrogen-bond acceptors (Lipinski definition) is 6. The lowest BCUT2D eigenvalue weighted by Crippen LogP contribution is -2.38. The van der Waals surface area contributed by atoms with E-state index >= 15 is 0 Å². The highest BCUT2D eigenvalue weighted by Crippen LogP contribution is 2.33. The Hall–Kier alpha value is -2.46. The molecule has 0 radical (unpaired) electrons. The number of benzene rings is 1.